The van der Waals surface area contributed by atoms with Crippen LogP contribution < -0.4 is 0 Å². The maximum atomic E-state index is 13.1. The Kier molecular flexibility index (Phi) is 17.4. The van der Waals surface area contributed by atoms with Crippen LogP contribution in [0.1, 0.15) is 113 Å². The lowest BCUT2D eigenvalue weighted by atomic mass is 9.78. The molecule has 0 aromatic carbocycles. The molecule has 51 heavy (non-hydrogen) atoms. The van der Waals surface area contributed by atoms with Crippen molar-refractivity contribution in [2.24, 2.45) is 11.8 Å². The van der Waals surface area contributed by atoms with Crippen molar-refractivity contribution in [2.75, 3.05) is 13.2 Å². The molecule has 7 atom stereocenters. The van der Waals surface area contributed by atoms with E-state index in [1.807, 2.05) is 6.92 Å². The van der Waals surface area contributed by atoms with Crippen LogP contribution in [0.25, 0.3) is 0 Å². The third kappa shape index (κ3) is 14.2. The summed E-state index contributed by atoms with van der Waals surface area (Å²) in [6, 6.07) is 0.888. The summed E-state index contributed by atoms with van der Waals surface area (Å²) in [5.41, 5.74) is 0.142. The van der Waals surface area contributed by atoms with Crippen molar-refractivity contribution in [1.29, 1.82) is 0 Å². The summed E-state index contributed by atoms with van der Waals surface area (Å²) in [7, 11) is -3.35. The van der Waals surface area contributed by atoms with E-state index < -0.39 is 39.9 Å². The molecule has 2 heterocycles. The quantitative estimate of drug-likeness (QED) is 0.0641. The summed E-state index contributed by atoms with van der Waals surface area (Å²) in [5.74, 6) is 1.46. The minimum absolute atomic E-state index is 0.0119. The van der Waals surface area contributed by atoms with Gasteiger partial charge in [-0.25, -0.2) is 0 Å². The van der Waals surface area contributed by atoms with Gasteiger partial charge in [-0.15, -0.1) is 6.42 Å². The van der Waals surface area contributed by atoms with Crippen LogP contribution in [-0.4, -0.2) is 76.4 Å². The summed E-state index contributed by atoms with van der Waals surface area (Å²) in [5, 5.41) is 10.0. The average Bonchev–Trinajstić information content (AvgIpc) is 3.04. The molecule has 292 valence electrons. The number of carbonyl (C=O) groups is 2. The van der Waals surface area contributed by atoms with E-state index in [1.165, 1.54) is 0 Å². The van der Waals surface area contributed by atoms with Gasteiger partial charge in [0.25, 0.3) is 0 Å². The van der Waals surface area contributed by atoms with Crippen molar-refractivity contribution >= 4 is 28.3 Å². The summed E-state index contributed by atoms with van der Waals surface area (Å²) in [6.45, 7) is 26.7. The minimum Gasteiger partial charge on any atom is -0.466 e. The second-order valence-electron chi connectivity index (χ2n) is 18.0. The Balaban J connectivity index is 2.12. The maximum absolute atomic E-state index is 13.1. The first-order valence-corrected chi connectivity index (χ1v) is 26.1. The third-order valence-corrected chi connectivity index (χ3v) is 17.3. The summed E-state index contributed by atoms with van der Waals surface area (Å²) in [6.07, 6.45) is 17.3. The van der Waals surface area contributed by atoms with Gasteiger partial charge in [-0.05, 0) is 69.1 Å². The lowest BCUT2D eigenvalue weighted by molar-refractivity contribution is -0.343. The number of hydrogen-bond acceptors (Lipinski definition) is 8. The molecule has 0 saturated carbocycles. The van der Waals surface area contributed by atoms with Gasteiger partial charge in [-0.3, -0.25) is 9.59 Å². The highest BCUT2D eigenvalue weighted by Crippen LogP contribution is 2.47. The number of unbranched alkanes of at least 4 members (excludes halogenated alkanes) is 1. The molecule has 8 nitrogen and oxygen atoms in total. The molecule has 0 amide bonds. The number of carbonyl (C=O) groups excluding carboxylic acids is 2. The Bertz CT molecular complexity index is 1230. The van der Waals surface area contributed by atoms with Crippen molar-refractivity contribution in [2.45, 2.75) is 186 Å². The number of terminal acetylenes is 1. The summed E-state index contributed by atoms with van der Waals surface area (Å²) in [4.78, 5) is 25.5. The van der Waals surface area contributed by atoms with Crippen LogP contribution in [-0.2, 0) is 33.0 Å². The molecule has 10 heteroatoms. The second kappa shape index (κ2) is 19.5. The lowest BCUT2D eigenvalue weighted by Crippen LogP contribution is -2.59. The molecule has 0 bridgehead atoms. The van der Waals surface area contributed by atoms with Crippen LogP contribution in [0, 0.1) is 24.2 Å². The van der Waals surface area contributed by atoms with Crippen LogP contribution in [0.15, 0.2) is 23.8 Å². The zero-order valence-corrected chi connectivity index (χ0v) is 36.2. The molecular weight excluding hydrogens is 677 g/mol. The predicted octanol–water partition coefficient (Wildman–Crippen LogP) is 9.36. The number of esters is 2. The number of allylic oxidation sites excluding steroid dienone is 2. The first-order chi connectivity index (χ1) is 23.6. The van der Waals surface area contributed by atoms with Gasteiger partial charge < -0.3 is 28.5 Å². The normalized spacial score (nSPS) is 27.6. The monoisotopic (exact) mass is 748 g/mol. The number of aliphatic hydroxyl groups excluding tert-OH is 1. The SMILES string of the molecule is C#C[C@@H]1O[C@@]2(CC[C@H](C)[C@@H](C/C=C(C)/C=C/[C@H](O[Si](C)(C)C(C)(C)C)[C@H](C)CO)O2)CC[C@]1(CCCC)OC(=O)CCC(=O)OCC[Si](C)(C)C. The van der Waals surface area contributed by atoms with Crippen LogP contribution in [0.3, 0.4) is 0 Å². The minimum atomic E-state index is -2.03. The highest BCUT2D eigenvalue weighted by Gasteiger charge is 2.54. The van der Waals surface area contributed by atoms with Gasteiger partial charge in [0.1, 0.15) is 5.60 Å². The van der Waals surface area contributed by atoms with E-state index in [2.05, 4.69) is 98.4 Å². The third-order valence-electron chi connectivity index (χ3n) is 11.1. The fraction of sp³-hybridized carbons (Fsp3) is 0.805. The molecule has 0 radical (unpaired) electrons. The van der Waals surface area contributed by atoms with Crippen LogP contribution in [0.2, 0.25) is 43.8 Å². The Morgan fingerprint density at radius 2 is 1.75 bits per heavy atom. The van der Waals surface area contributed by atoms with Crippen LogP contribution >= 0.6 is 0 Å². The van der Waals surface area contributed by atoms with Crippen molar-refractivity contribution in [3.8, 4) is 12.3 Å². The van der Waals surface area contributed by atoms with Crippen molar-refractivity contribution in [3.05, 3.63) is 23.8 Å². The average molecular weight is 749 g/mol. The molecule has 1 N–H and O–H groups in total. The van der Waals surface area contributed by atoms with E-state index in [0.29, 0.717) is 31.8 Å². The molecule has 2 rings (SSSR count). The molecule has 0 aromatic rings. The molecule has 2 saturated heterocycles. The van der Waals surface area contributed by atoms with Crippen LogP contribution in [0.5, 0.6) is 0 Å². The summed E-state index contributed by atoms with van der Waals surface area (Å²) < 4.78 is 31.7. The van der Waals surface area contributed by atoms with Gasteiger partial charge in [-0.2, -0.15) is 0 Å². The van der Waals surface area contributed by atoms with Crippen molar-refractivity contribution in [3.63, 3.8) is 0 Å². The fourth-order valence-corrected chi connectivity index (χ4v) is 8.29. The Morgan fingerprint density at radius 1 is 1.08 bits per heavy atom. The van der Waals surface area contributed by atoms with E-state index in [0.717, 1.165) is 43.7 Å². The van der Waals surface area contributed by atoms with Crippen molar-refractivity contribution in [1.82, 2.24) is 0 Å². The van der Waals surface area contributed by atoms with E-state index in [-0.39, 0.29) is 48.6 Å². The topological polar surface area (TPSA) is 101 Å². The molecule has 2 fully saturated rings. The van der Waals surface area contributed by atoms with Crippen LogP contribution in [0.4, 0.5) is 0 Å². The van der Waals surface area contributed by atoms with Gasteiger partial charge in [0.05, 0.1) is 31.7 Å². The smallest absolute Gasteiger partial charge is 0.307 e. The first-order valence-electron chi connectivity index (χ1n) is 19.4. The second-order valence-corrected chi connectivity index (χ2v) is 28.3. The fourth-order valence-electron chi connectivity index (χ4n) is 6.23. The van der Waals surface area contributed by atoms with Gasteiger partial charge in [-0.1, -0.05) is 97.3 Å². The molecule has 1 spiro atoms. The molecule has 2 aliphatic heterocycles. The summed E-state index contributed by atoms with van der Waals surface area (Å²) >= 11 is 0. The molecule has 0 unspecified atom stereocenters. The van der Waals surface area contributed by atoms with E-state index in [4.69, 9.17) is 29.8 Å². The Labute approximate surface area is 313 Å². The Morgan fingerprint density at radius 3 is 2.33 bits per heavy atom. The number of ether oxygens (including phenoxy) is 4. The number of aliphatic hydroxyl groups is 1. The van der Waals surface area contributed by atoms with E-state index >= 15 is 0 Å². The standard InChI is InChI=1S/C41H72O8Si2/c1-14-16-24-40(48-38(44)22-21-37(43)45-28-29-50(9,10)11)26-27-41(47-36(40)15-2)25-23-32(4)34(46-41)19-17-31(3)18-20-35(33(5)30-42)49-51(12,13)39(6,7)8/h2,17-18,20,32-36,42H,14,16,19,21-30H2,1,3-13H3/b20-18+,31-17+/t32-,33+,34+,35-,36-,40-,41-/m0/s1. The predicted molar refractivity (Wildman–Crippen MR) is 211 cm³/mol. The van der Waals surface area contributed by atoms with E-state index in [1.54, 1.807) is 0 Å². The first kappa shape index (κ1) is 45.4. The van der Waals surface area contributed by atoms with Gasteiger partial charge >= 0.3 is 11.9 Å². The largest absolute Gasteiger partial charge is 0.466 e. The zero-order chi connectivity index (χ0) is 38.7. The van der Waals surface area contributed by atoms with E-state index in [9.17, 15) is 14.7 Å². The number of hydrogen-bond donors (Lipinski definition) is 1. The maximum Gasteiger partial charge on any atom is 0.307 e. The lowest BCUT2D eigenvalue weighted by Gasteiger charge is -2.52. The highest BCUT2D eigenvalue weighted by molar-refractivity contribution is 6.76. The highest BCUT2D eigenvalue weighted by atomic mass is 28.4. The van der Waals surface area contributed by atoms with Crippen molar-refractivity contribution < 1.29 is 38.1 Å². The molecule has 2 aliphatic rings. The van der Waals surface area contributed by atoms with Gasteiger partial charge in [0.15, 0.2) is 20.2 Å². The number of rotatable bonds is 18. The Hall–Kier alpha value is -1.75. The van der Waals surface area contributed by atoms with Gasteiger partial charge in [0.2, 0.25) is 0 Å². The van der Waals surface area contributed by atoms with Gasteiger partial charge in [0, 0.05) is 33.4 Å². The molecule has 0 aromatic heterocycles. The zero-order valence-electron chi connectivity index (χ0n) is 34.2. The molecule has 0 aliphatic carbocycles. The molecular formula is C41H72O8Si2.